The van der Waals surface area contributed by atoms with E-state index in [4.69, 9.17) is 4.74 Å². The molecule has 0 aliphatic heterocycles. The van der Waals surface area contributed by atoms with Gasteiger partial charge >= 0.3 is 0 Å². The molecular weight excluding hydrogens is 424 g/mol. The molecule has 2 amide bonds. The van der Waals surface area contributed by atoms with Crippen molar-refractivity contribution in [2.24, 2.45) is 0 Å². The van der Waals surface area contributed by atoms with Gasteiger partial charge in [-0.05, 0) is 50.5 Å². The van der Waals surface area contributed by atoms with Gasteiger partial charge in [0.1, 0.15) is 11.8 Å². The van der Waals surface area contributed by atoms with Crippen LogP contribution in [0.25, 0.3) is 0 Å². The normalized spacial score (nSPS) is 12.0. The van der Waals surface area contributed by atoms with Crippen LogP contribution >= 0.6 is 0 Å². The Balaban J connectivity index is 1.91. The van der Waals surface area contributed by atoms with Gasteiger partial charge in [-0.3, -0.25) is 9.59 Å². The molecule has 0 saturated heterocycles. The summed E-state index contributed by atoms with van der Waals surface area (Å²) in [7, 11) is 0. The first kappa shape index (κ1) is 25.0. The van der Waals surface area contributed by atoms with Crippen LogP contribution in [0.1, 0.15) is 37.5 Å². The molecular formula is C29H34N2O3. The molecule has 5 nitrogen and oxygen atoms in total. The largest absolute Gasteiger partial charge is 0.484 e. The number of hydrogen-bond donors (Lipinski definition) is 1. The Bertz CT molecular complexity index is 1080. The fourth-order valence-corrected chi connectivity index (χ4v) is 3.73. The number of aryl methyl sites for hydroxylation is 1. The van der Waals surface area contributed by atoms with Crippen LogP contribution < -0.4 is 10.1 Å². The van der Waals surface area contributed by atoms with Gasteiger partial charge in [0.15, 0.2) is 6.61 Å². The first-order valence-corrected chi connectivity index (χ1v) is 11.6. The van der Waals surface area contributed by atoms with E-state index in [0.717, 1.165) is 16.7 Å². The zero-order chi connectivity index (χ0) is 24.6. The van der Waals surface area contributed by atoms with Crippen molar-refractivity contribution in [3.05, 3.63) is 102 Å². The highest BCUT2D eigenvalue weighted by molar-refractivity contribution is 5.89. The van der Waals surface area contributed by atoms with E-state index in [2.05, 4.69) is 5.32 Å². The highest BCUT2D eigenvalue weighted by Gasteiger charge is 2.32. The number of benzene rings is 3. The zero-order valence-electron chi connectivity index (χ0n) is 20.5. The first-order chi connectivity index (χ1) is 16.2. The second-order valence-electron chi connectivity index (χ2n) is 9.51. The van der Waals surface area contributed by atoms with Gasteiger partial charge in [0, 0.05) is 18.5 Å². The Hall–Kier alpha value is -3.60. The molecule has 3 aromatic rings. The summed E-state index contributed by atoms with van der Waals surface area (Å²) in [6.45, 7) is 7.92. The van der Waals surface area contributed by atoms with E-state index < -0.39 is 11.6 Å². The quantitative estimate of drug-likeness (QED) is 0.495. The predicted octanol–water partition coefficient (Wildman–Crippen LogP) is 4.93. The summed E-state index contributed by atoms with van der Waals surface area (Å²) in [4.78, 5) is 28.7. The lowest BCUT2D eigenvalue weighted by Crippen LogP contribution is -2.55. The Morgan fingerprint density at radius 2 is 1.41 bits per heavy atom. The Kier molecular flexibility index (Phi) is 8.47. The maximum Gasteiger partial charge on any atom is 0.261 e. The lowest BCUT2D eigenvalue weighted by Gasteiger charge is -2.33. The van der Waals surface area contributed by atoms with E-state index >= 15 is 0 Å². The minimum absolute atomic E-state index is 0.147. The van der Waals surface area contributed by atoms with Crippen LogP contribution in [0.2, 0.25) is 0 Å². The molecule has 3 aromatic carbocycles. The molecule has 5 heteroatoms. The van der Waals surface area contributed by atoms with Crippen LogP contribution in [0.4, 0.5) is 0 Å². The molecule has 1 unspecified atom stereocenters. The molecule has 0 bridgehead atoms. The summed E-state index contributed by atoms with van der Waals surface area (Å²) < 4.78 is 5.88. The SMILES string of the molecule is Cc1ccccc1OCC(=O)N(Cc1ccccc1)C(Cc1ccccc1)C(=O)NC(C)(C)C. The van der Waals surface area contributed by atoms with Crippen molar-refractivity contribution < 1.29 is 14.3 Å². The number of carbonyl (C=O) groups is 2. The van der Waals surface area contributed by atoms with Crippen LogP contribution in [-0.4, -0.2) is 34.9 Å². The second kappa shape index (κ2) is 11.5. The minimum atomic E-state index is -0.685. The summed E-state index contributed by atoms with van der Waals surface area (Å²) in [5.41, 5.74) is 2.47. The van der Waals surface area contributed by atoms with E-state index in [1.807, 2.05) is 113 Å². The van der Waals surface area contributed by atoms with Gasteiger partial charge in [0.05, 0.1) is 0 Å². The van der Waals surface area contributed by atoms with E-state index in [1.54, 1.807) is 4.90 Å². The monoisotopic (exact) mass is 458 g/mol. The number of para-hydroxylation sites is 1. The van der Waals surface area contributed by atoms with Crippen molar-refractivity contribution in [1.82, 2.24) is 10.2 Å². The molecule has 0 spiro atoms. The van der Waals surface area contributed by atoms with E-state index in [1.165, 1.54) is 0 Å². The number of carbonyl (C=O) groups excluding carboxylic acids is 2. The summed E-state index contributed by atoms with van der Waals surface area (Å²) in [6, 6.07) is 26.4. The van der Waals surface area contributed by atoms with Crippen LogP contribution in [0, 0.1) is 6.92 Å². The predicted molar refractivity (Wildman–Crippen MR) is 135 cm³/mol. The summed E-state index contributed by atoms with van der Waals surface area (Å²) in [5.74, 6) is 0.239. The smallest absolute Gasteiger partial charge is 0.261 e. The Labute approximate surface area is 202 Å². The molecule has 0 saturated carbocycles. The Morgan fingerprint density at radius 3 is 2.00 bits per heavy atom. The average Bonchev–Trinajstić information content (AvgIpc) is 2.81. The summed E-state index contributed by atoms with van der Waals surface area (Å²) >= 11 is 0. The third kappa shape index (κ3) is 7.48. The van der Waals surface area contributed by atoms with Crippen molar-refractivity contribution in [1.29, 1.82) is 0 Å². The van der Waals surface area contributed by atoms with Gasteiger partial charge in [-0.1, -0.05) is 78.9 Å². The van der Waals surface area contributed by atoms with Gasteiger partial charge in [0.2, 0.25) is 5.91 Å². The summed E-state index contributed by atoms with van der Waals surface area (Å²) in [5, 5.41) is 3.07. The maximum atomic E-state index is 13.6. The van der Waals surface area contributed by atoms with Crippen molar-refractivity contribution in [2.75, 3.05) is 6.61 Å². The average molecular weight is 459 g/mol. The highest BCUT2D eigenvalue weighted by atomic mass is 16.5. The first-order valence-electron chi connectivity index (χ1n) is 11.6. The highest BCUT2D eigenvalue weighted by Crippen LogP contribution is 2.19. The molecule has 0 aliphatic rings. The minimum Gasteiger partial charge on any atom is -0.484 e. The fourth-order valence-electron chi connectivity index (χ4n) is 3.73. The summed E-state index contributed by atoms with van der Waals surface area (Å²) in [6.07, 6.45) is 0.408. The zero-order valence-corrected chi connectivity index (χ0v) is 20.5. The molecule has 0 fully saturated rings. The molecule has 0 radical (unpaired) electrons. The molecule has 1 N–H and O–H groups in total. The molecule has 0 heterocycles. The van der Waals surface area contributed by atoms with Crippen LogP contribution in [0.15, 0.2) is 84.9 Å². The standard InChI is InChI=1S/C29H34N2O3/c1-22-13-11-12-18-26(22)34-21-27(32)31(20-24-16-9-6-10-17-24)25(28(33)30-29(2,3)4)19-23-14-7-5-8-15-23/h5-18,25H,19-21H2,1-4H3,(H,30,33). The number of ether oxygens (including phenoxy) is 1. The number of nitrogens with zero attached hydrogens (tertiary/aromatic N) is 1. The number of amides is 2. The lowest BCUT2D eigenvalue weighted by atomic mass is 10.0. The van der Waals surface area contributed by atoms with Gasteiger partial charge in [-0.2, -0.15) is 0 Å². The van der Waals surface area contributed by atoms with E-state index in [-0.39, 0.29) is 18.4 Å². The third-order valence-corrected chi connectivity index (χ3v) is 5.41. The van der Waals surface area contributed by atoms with Crippen LogP contribution in [0.3, 0.4) is 0 Å². The van der Waals surface area contributed by atoms with E-state index in [0.29, 0.717) is 18.7 Å². The van der Waals surface area contributed by atoms with Gasteiger partial charge in [0.25, 0.3) is 5.91 Å². The van der Waals surface area contributed by atoms with Gasteiger partial charge < -0.3 is 15.0 Å². The van der Waals surface area contributed by atoms with E-state index in [9.17, 15) is 9.59 Å². The van der Waals surface area contributed by atoms with Gasteiger partial charge in [-0.15, -0.1) is 0 Å². The Morgan fingerprint density at radius 1 is 0.853 bits per heavy atom. The number of rotatable bonds is 9. The van der Waals surface area contributed by atoms with Crippen molar-refractivity contribution in [2.45, 2.75) is 52.2 Å². The lowest BCUT2D eigenvalue weighted by molar-refractivity contribution is -0.143. The van der Waals surface area contributed by atoms with Crippen molar-refractivity contribution in [3.63, 3.8) is 0 Å². The number of nitrogens with one attached hydrogen (secondary N) is 1. The van der Waals surface area contributed by atoms with Crippen LogP contribution in [0.5, 0.6) is 5.75 Å². The molecule has 0 aliphatic carbocycles. The molecule has 178 valence electrons. The molecule has 0 aromatic heterocycles. The fraction of sp³-hybridized carbons (Fsp3) is 0.310. The number of hydrogen-bond acceptors (Lipinski definition) is 3. The van der Waals surface area contributed by atoms with Crippen LogP contribution in [-0.2, 0) is 22.6 Å². The topological polar surface area (TPSA) is 58.6 Å². The second-order valence-corrected chi connectivity index (χ2v) is 9.51. The maximum absolute atomic E-state index is 13.6. The van der Waals surface area contributed by atoms with Crippen molar-refractivity contribution in [3.8, 4) is 5.75 Å². The van der Waals surface area contributed by atoms with Crippen molar-refractivity contribution >= 4 is 11.8 Å². The molecule has 34 heavy (non-hydrogen) atoms. The third-order valence-electron chi connectivity index (χ3n) is 5.41. The van der Waals surface area contributed by atoms with Gasteiger partial charge in [-0.25, -0.2) is 0 Å². The molecule has 3 rings (SSSR count). The molecule has 1 atom stereocenters.